The van der Waals surface area contributed by atoms with Gasteiger partial charge in [-0.1, -0.05) is 0 Å². The van der Waals surface area contributed by atoms with Crippen LogP contribution in [0.3, 0.4) is 0 Å². The van der Waals surface area contributed by atoms with E-state index >= 15 is 0 Å². The molecule has 5 heteroatoms. The number of carbonyl (C=O) groups excluding carboxylic acids is 1. The molecular formula is C20H24N2O3. The molecule has 0 saturated heterocycles. The van der Waals surface area contributed by atoms with Crippen LogP contribution in [0.4, 0.5) is 0 Å². The Kier molecular flexibility index (Phi) is 4.02. The van der Waals surface area contributed by atoms with Crippen LogP contribution in [0.1, 0.15) is 49.9 Å². The third-order valence-electron chi connectivity index (χ3n) is 5.39. The van der Waals surface area contributed by atoms with E-state index in [-0.39, 0.29) is 12.2 Å². The molecule has 5 nitrogen and oxygen atoms in total. The van der Waals surface area contributed by atoms with Gasteiger partial charge in [0.1, 0.15) is 11.9 Å². The Morgan fingerprint density at radius 1 is 1.28 bits per heavy atom. The highest BCUT2D eigenvalue weighted by atomic mass is 16.5. The minimum Gasteiger partial charge on any atom is -0.490 e. The molecule has 4 rings (SSSR count). The average Bonchev–Trinajstić information content (AvgIpc) is 3.17. The van der Waals surface area contributed by atoms with Crippen molar-refractivity contribution < 1.29 is 14.3 Å². The zero-order valence-corrected chi connectivity index (χ0v) is 14.7. The van der Waals surface area contributed by atoms with Gasteiger partial charge < -0.3 is 15.2 Å². The quantitative estimate of drug-likeness (QED) is 0.901. The average molecular weight is 340 g/mol. The number of benzene rings is 1. The van der Waals surface area contributed by atoms with Crippen LogP contribution in [-0.2, 0) is 0 Å². The fraction of sp³-hybridized carbons (Fsp3) is 0.500. The number of pyridine rings is 1. The highest BCUT2D eigenvalue weighted by Gasteiger charge is 2.41. The lowest BCUT2D eigenvalue weighted by molar-refractivity contribution is 0.0994. The van der Waals surface area contributed by atoms with Gasteiger partial charge in [-0.3, -0.25) is 4.79 Å². The second-order valence-electron chi connectivity index (χ2n) is 7.55. The van der Waals surface area contributed by atoms with Gasteiger partial charge in [-0.15, -0.1) is 0 Å². The minimum absolute atomic E-state index is 0.0536. The number of hydrogen-bond acceptors (Lipinski definition) is 4. The molecule has 2 bridgehead atoms. The van der Waals surface area contributed by atoms with Crippen LogP contribution in [0.2, 0.25) is 0 Å². The summed E-state index contributed by atoms with van der Waals surface area (Å²) in [5.74, 6) is 2.08. The molecular weight excluding hydrogens is 316 g/mol. The zero-order chi connectivity index (χ0) is 17.6. The molecule has 1 heterocycles. The van der Waals surface area contributed by atoms with Gasteiger partial charge in [0.25, 0.3) is 5.91 Å². The smallest absolute Gasteiger partial charge is 0.252 e. The fourth-order valence-corrected chi connectivity index (χ4v) is 4.29. The van der Waals surface area contributed by atoms with E-state index in [0.717, 1.165) is 23.1 Å². The molecule has 2 aliphatic carbocycles. The number of aromatic nitrogens is 1. The summed E-state index contributed by atoms with van der Waals surface area (Å²) in [6.07, 6.45) is 6.92. The van der Waals surface area contributed by atoms with Crippen LogP contribution in [0.25, 0.3) is 10.8 Å². The summed E-state index contributed by atoms with van der Waals surface area (Å²) in [7, 11) is 0. The molecule has 1 aromatic heterocycles. The Labute approximate surface area is 147 Å². The van der Waals surface area contributed by atoms with Crippen LogP contribution < -0.4 is 15.2 Å². The first-order valence-electron chi connectivity index (χ1n) is 9.07. The number of carbonyl (C=O) groups is 1. The first kappa shape index (κ1) is 16.2. The predicted molar refractivity (Wildman–Crippen MR) is 95.9 cm³/mol. The Hall–Kier alpha value is -2.30. The number of nitrogens with zero attached hydrogens (tertiary/aromatic N) is 1. The third-order valence-corrected chi connectivity index (χ3v) is 5.39. The van der Waals surface area contributed by atoms with Crippen LogP contribution in [-0.4, -0.2) is 23.1 Å². The van der Waals surface area contributed by atoms with Crippen molar-refractivity contribution in [2.24, 2.45) is 17.6 Å². The van der Waals surface area contributed by atoms with E-state index in [1.54, 1.807) is 12.3 Å². The summed E-state index contributed by atoms with van der Waals surface area (Å²) in [5, 5.41) is 1.75. The molecule has 25 heavy (non-hydrogen) atoms. The van der Waals surface area contributed by atoms with Gasteiger partial charge in [0.15, 0.2) is 0 Å². The molecule has 0 aliphatic heterocycles. The van der Waals surface area contributed by atoms with Gasteiger partial charge in [-0.25, -0.2) is 4.98 Å². The maximum absolute atomic E-state index is 11.8. The van der Waals surface area contributed by atoms with Crippen molar-refractivity contribution in [3.8, 4) is 11.6 Å². The van der Waals surface area contributed by atoms with Crippen LogP contribution in [0, 0.1) is 11.8 Å². The Morgan fingerprint density at radius 2 is 2.12 bits per heavy atom. The standard InChI is InChI=1S/C20H24N2O3/c1-11(2)24-18-10-15-13(9-16(18)19(21)23)5-6-22-20(15)25-17-8-12-3-4-14(17)7-12/h5-6,9-12,14,17H,3-4,7-8H2,1-2H3,(H2,21,23)/t12-,14+,17?/m1/s1. The topological polar surface area (TPSA) is 74.4 Å². The maximum atomic E-state index is 11.8. The Bertz CT molecular complexity index is 818. The number of primary amides is 1. The van der Waals surface area contributed by atoms with Gasteiger partial charge in [-0.2, -0.15) is 0 Å². The van der Waals surface area contributed by atoms with Crippen LogP contribution in [0.15, 0.2) is 24.4 Å². The number of rotatable bonds is 5. The summed E-state index contributed by atoms with van der Waals surface area (Å²) in [6, 6.07) is 5.48. The van der Waals surface area contributed by atoms with Gasteiger partial charge in [0, 0.05) is 11.6 Å². The predicted octanol–water partition coefficient (Wildman–Crippen LogP) is 3.69. The monoisotopic (exact) mass is 340 g/mol. The van der Waals surface area contributed by atoms with E-state index in [1.807, 2.05) is 26.0 Å². The highest BCUT2D eigenvalue weighted by molar-refractivity contribution is 6.01. The van der Waals surface area contributed by atoms with E-state index < -0.39 is 5.91 Å². The van der Waals surface area contributed by atoms with Crippen molar-refractivity contribution >= 4 is 16.7 Å². The molecule has 2 aliphatic rings. The molecule has 2 aromatic rings. The molecule has 1 aromatic carbocycles. The molecule has 1 unspecified atom stereocenters. The van der Waals surface area contributed by atoms with E-state index in [2.05, 4.69) is 4.98 Å². The van der Waals surface area contributed by atoms with Crippen molar-refractivity contribution in [3.63, 3.8) is 0 Å². The first-order chi connectivity index (χ1) is 12.0. The van der Waals surface area contributed by atoms with E-state index in [4.69, 9.17) is 15.2 Å². The number of ether oxygens (including phenoxy) is 2. The summed E-state index contributed by atoms with van der Waals surface area (Å²) < 4.78 is 12.1. The SMILES string of the molecule is CC(C)Oc1cc2c(OC3C[C@@H]4CC[C@H]3C4)nccc2cc1C(N)=O. The van der Waals surface area contributed by atoms with Crippen molar-refractivity contribution in [1.29, 1.82) is 0 Å². The maximum Gasteiger partial charge on any atom is 0.252 e. The highest BCUT2D eigenvalue weighted by Crippen LogP contribution is 2.46. The Balaban J connectivity index is 1.73. The zero-order valence-electron chi connectivity index (χ0n) is 14.7. The van der Waals surface area contributed by atoms with E-state index in [1.165, 1.54) is 19.3 Å². The second-order valence-corrected chi connectivity index (χ2v) is 7.55. The molecule has 2 N–H and O–H groups in total. The number of amides is 1. The number of nitrogens with two attached hydrogens (primary N) is 1. The molecule has 2 fully saturated rings. The van der Waals surface area contributed by atoms with Crippen LogP contribution in [0.5, 0.6) is 11.6 Å². The first-order valence-corrected chi connectivity index (χ1v) is 9.07. The second kappa shape index (κ2) is 6.21. The van der Waals surface area contributed by atoms with E-state index in [0.29, 0.717) is 23.1 Å². The summed E-state index contributed by atoms with van der Waals surface area (Å²) in [5.41, 5.74) is 5.91. The number of fused-ring (bicyclic) bond motifs is 3. The normalized spacial score (nSPS) is 24.8. The largest absolute Gasteiger partial charge is 0.490 e. The molecule has 0 radical (unpaired) electrons. The Morgan fingerprint density at radius 3 is 2.76 bits per heavy atom. The molecule has 3 atom stereocenters. The number of hydrogen-bond donors (Lipinski definition) is 1. The fourth-order valence-electron chi connectivity index (χ4n) is 4.29. The summed E-state index contributed by atoms with van der Waals surface area (Å²) in [4.78, 5) is 16.2. The molecule has 1 amide bonds. The molecule has 2 saturated carbocycles. The van der Waals surface area contributed by atoms with Gasteiger partial charge in [0.2, 0.25) is 5.88 Å². The minimum atomic E-state index is -0.495. The summed E-state index contributed by atoms with van der Waals surface area (Å²) >= 11 is 0. The third kappa shape index (κ3) is 3.03. The van der Waals surface area contributed by atoms with Crippen LogP contribution >= 0.6 is 0 Å². The van der Waals surface area contributed by atoms with Crippen molar-refractivity contribution in [2.75, 3.05) is 0 Å². The van der Waals surface area contributed by atoms with Gasteiger partial charge >= 0.3 is 0 Å². The van der Waals surface area contributed by atoms with Crippen molar-refractivity contribution in [3.05, 3.63) is 30.0 Å². The van der Waals surface area contributed by atoms with E-state index in [9.17, 15) is 4.79 Å². The summed E-state index contributed by atoms with van der Waals surface area (Å²) in [6.45, 7) is 3.84. The lowest BCUT2D eigenvalue weighted by Gasteiger charge is -2.23. The van der Waals surface area contributed by atoms with Crippen molar-refractivity contribution in [1.82, 2.24) is 4.98 Å². The lowest BCUT2D eigenvalue weighted by atomic mass is 9.98. The molecule has 0 spiro atoms. The van der Waals surface area contributed by atoms with Gasteiger partial charge in [-0.05, 0) is 75.0 Å². The lowest BCUT2D eigenvalue weighted by Crippen LogP contribution is -2.24. The van der Waals surface area contributed by atoms with Gasteiger partial charge in [0.05, 0.1) is 11.7 Å². The molecule has 132 valence electrons. The van der Waals surface area contributed by atoms with Crippen molar-refractivity contribution in [2.45, 2.75) is 51.7 Å².